The average Bonchev–Trinajstić information content (AvgIpc) is 2.89. The van der Waals surface area contributed by atoms with E-state index in [-0.39, 0.29) is 48.2 Å². The molecule has 0 saturated carbocycles. The van der Waals surface area contributed by atoms with Crippen LogP contribution >= 0.6 is 11.6 Å². The quantitative estimate of drug-likeness (QED) is 0.363. The van der Waals surface area contributed by atoms with Crippen LogP contribution < -0.4 is 20.2 Å². The molecular formula is C26H22ClF5N4O5. The van der Waals surface area contributed by atoms with Gasteiger partial charge in [-0.2, -0.15) is 13.2 Å². The van der Waals surface area contributed by atoms with Crippen molar-refractivity contribution in [2.75, 3.05) is 24.5 Å². The smallest absolute Gasteiger partial charge is 0.430 e. The molecule has 2 amide bonds. The number of benzene rings is 2. The van der Waals surface area contributed by atoms with Gasteiger partial charge in [0.05, 0.1) is 10.6 Å². The lowest BCUT2D eigenvalue weighted by Gasteiger charge is -2.34. The fraction of sp³-hybridized carbons (Fsp3) is 0.269. The molecule has 0 aliphatic carbocycles. The Labute approximate surface area is 234 Å². The first-order chi connectivity index (χ1) is 19.1. The highest BCUT2D eigenvalue weighted by molar-refractivity contribution is 6.31. The van der Waals surface area contributed by atoms with Crippen LogP contribution in [0.25, 0.3) is 0 Å². The summed E-state index contributed by atoms with van der Waals surface area (Å²) in [7, 11) is 0. The minimum Gasteiger partial charge on any atom is -0.542 e. The maximum absolute atomic E-state index is 14.6. The number of aromatic nitrogens is 2. The van der Waals surface area contributed by atoms with Crippen molar-refractivity contribution in [1.82, 2.24) is 10.00 Å². The van der Waals surface area contributed by atoms with Crippen LogP contribution in [-0.4, -0.2) is 53.6 Å². The Morgan fingerprint density at radius 3 is 2.24 bits per heavy atom. The van der Waals surface area contributed by atoms with Crippen molar-refractivity contribution in [2.24, 2.45) is 0 Å². The van der Waals surface area contributed by atoms with Gasteiger partial charge in [0, 0.05) is 35.5 Å². The number of amides is 2. The van der Waals surface area contributed by atoms with Crippen LogP contribution in [0.5, 0.6) is 0 Å². The lowest BCUT2D eigenvalue weighted by atomic mass is 10.1. The third-order valence-corrected chi connectivity index (χ3v) is 6.38. The van der Waals surface area contributed by atoms with Crippen LogP contribution in [0.2, 0.25) is 5.02 Å². The van der Waals surface area contributed by atoms with E-state index in [0.717, 1.165) is 5.56 Å². The Balaban J connectivity index is 0.000000587. The molecule has 1 aromatic heterocycles. The molecule has 4 rings (SSSR count). The molecule has 2 aromatic carbocycles. The van der Waals surface area contributed by atoms with Gasteiger partial charge < -0.3 is 19.7 Å². The van der Waals surface area contributed by atoms with E-state index in [1.807, 2.05) is 6.92 Å². The van der Waals surface area contributed by atoms with Crippen LogP contribution in [0.3, 0.4) is 0 Å². The number of rotatable bonds is 4. The molecule has 2 heterocycles. The Hall–Kier alpha value is -4.33. The number of hydrogen-bond donors (Lipinski definition) is 1. The predicted octanol–water partition coefficient (Wildman–Crippen LogP) is 2.05. The minimum absolute atomic E-state index is 0.106. The first-order valence-electron chi connectivity index (χ1n) is 11.8. The molecule has 1 N–H and O–H groups in total. The number of aliphatic carboxylic acids is 1. The molecule has 0 spiro atoms. The molecule has 0 bridgehead atoms. The highest BCUT2D eigenvalue weighted by Crippen LogP contribution is 2.25. The van der Waals surface area contributed by atoms with Crippen LogP contribution in [0, 0.1) is 25.5 Å². The summed E-state index contributed by atoms with van der Waals surface area (Å²) in [6, 6.07) is 8.12. The maximum Gasteiger partial charge on any atom is 0.430 e. The first-order valence-corrected chi connectivity index (χ1v) is 12.2. The summed E-state index contributed by atoms with van der Waals surface area (Å²) in [5.74, 6) is -5.30. The van der Waals surface area contributed by atoms with Gasteiger partial charge in [0.2, 0.25) is 5.91 Å². The lowest BCUT2D eigenvalue weighted by Crippen LogP contribution is -2.52. The number of nitrogens with zero attached hydrogens (tertiary/aromatic N) is 3. The topological polar surface area (TPSA) is 117 Å². The van der Waals surface area contributed by atoms with E-state index in [9.17, 15) is 36.3 Å². The van der Waals surface area contributed by atoms with Gasteiger partial charge in [-0.25, -0.2) is 8.78 Å². The molecule has 1 aliphatic rings. The maximum atomic E-state index is 14.6. The highest BCUT2D eigenvalue weighted by atomic mass is 35.5. The summed E-state index contributed by atoms with van der Waals surface area (Å²) in [4.78, 5) is 49.2. The van der Waals surface area contributed by atoms with Crippen molar-refractivity contribution in [1.29, 1.82) is 0 Å². The summed E-state index contributed by atoms with van der Waals surface area (Å²) in [5, 5.41) is 11.4. The minimum atomic E-state index is -5.19. The second kappa shape index (κ2) is 12.5. The van der Waals surface area contributed by atoms with Crippen LogP contribution in [0.4, 0.5) is 27.6 Å². The molecule has 1 saturated heterocycles. The van der Waals surface area contributed by atoms with E-state index in [2.05, 4.69) is 5.10 Å². The molecule has 9 nitrogen and oxygen atoms in total. The van der Waals surface area contributed by atoms with Gasteiger partial charge in [-0.15, -0.1) is 9.78 Å². The third-order valence-electron chi connectivity index (χ3n) is 6.10. The summed E-state index contributed by atoms with van der Waals surface area (Å²) < 4.78 is 61.1. The molecule has 0 radical (unpaired) electrons. The molecule has 15 heteroatoms. The van der Waals surface area contributed by atoms with E-state index in [4.69, 9.17) is 21.5 Å². The summed E-state index contributed by atoms with van der Waals surface area (Å²) in [6.45, 7) is 3.85. The monoisotopic (exact) mass is 600 g/mol. The molecule has 3 aromatic rings. The number of piperazine rings is 1. The van der Waals surface area contributed by atoms with E-state index < -0.39 is 29.7 Å². The van der Waals surface area contributed by atoms with Gasteiger partial charge in [0.25, 0.3) is 5.91 Å². The number of alkyl halides is 3. The Kier molecular flexibility index (Phi) is 9.48. The number of anilines is 1. The Bertz CT molecular complexity index is 1560. The van der Waals surface area contributed by atoms with Crippen LogP contribution in [-0.2, 0) is 16.1 Å². The molecular weight excluding hydrogens is 579 g/mol. The number of H-pyrrole nitrogens is 1. The molecule has 0 unspecified atom stereocenters. The number of aryl methyl sites for hydroxylation is 1. The summed E-state index contributed by atoms with van der Waals surface area (Å²) in [6.07, 6.45) is -3.43. The number of aromatic amines is 1. The second-order valence-corrected chi connectivity index (χ2v) is 9.38. The fourth-order valence-electron chi connectivity index (χ4n) is 3.82. The predicted molar refractivity (Wildman–Crippen MR) is 133 cm³/mol. The third kappa shape index (κ3) is 7.66. The number of carbonyl (C=O) groups excluding carboxylic acids is 3. The number of hydrogen-bond acceptors (Lipinski definition) is 5. The van der Waals surface area contributed by atoms with Gasteiger partial charge in [0.15, 0.2) is 12.7 Å². The standard InChI is InChI=1S/C24H21ClF2N4O3.C2HF3O2/c1-14-11-30(28-23(33)15(14)2)12-16-3-5-20(26)18(9-16)24(34)29-7-8-31(22(32)13-29)17-4-6-21(27)19(25)10-17;3-2(4,5)1(6)7/h3-6,9-11H,7-8,12-13H2,1-2H3;(H,6,7). The van der Waals surface area contributed by atoms with Gasteiger partial charge in [-0.05, 0) is 50.2 Å². The molecule has 218 valence electrons. The van der Waals surface area contributed by atoms with Gasteiger partial charge in [0.1, 0.15) is 24.1 Å². The Morgan fingerprint density at radius 2 is 1.68 bits per heavy atom. The van der Waals surface area contributed by atoms with Crippen molar-refractivity contribution in [3.05, 3.63) is 91.9 Å². The van der Waals surface area contributed by atoms with Gasteiger partial charge in [-0.3, -0.25) is 14.4 Å². The fourth-order valence-corrected chi connectivity index (χ4v) is 3.99. The second-order valence-electron chi connectivity index (χ2n) is 8.98. The zero-order valence-corrected chi connectivity index (χ0v) is 22.3. The lowest BCUT2D eigenvalue weighted by molar-refractivity contribution is -0.747. The van der Waals surface area contributed by atoms with E-state index in [0.29, 0.717) is 16.8 Å². The molecule has 1 fully saturated rings. The SMILES string of the molecule is Cc1c[n+](Cc2ccc(F)c(C(=O)N3CCN(c4ccc(F)c(Cl)c4)C(=O)C3)c2)[nH]c(=O)c1C.O=C([O-])C(F)(F)F. The van der Waals surface area contributed by atoms with Crippen LogP contribution in [0.1, 0.15) is 27.0 Å². The summed E-state index contributed by atoms with van der Waals surface area (Å²) in [5.41, 5.74) is 2.07. The first kappa shape index (κ1) is 31.2. The van der Waals surface area contributed by atoms with E-state index >= 15 is 0 Å². The van der Waals surface area contributed by atoms with Gasteiger partial charge >= 0.3 is 11.7 Å². The molecule has 1 aliphatic heterocycles. The van der Waals surface area contributed by atoms with Gasteiger partial charge in [-0.1, -0.05) is 11.6 Å². The number of halogens is 6. The van der Waals surface area contributed by atoms with Crippen molar-refractivity contribution < 1.29 is 46.1 Å². The van der Waals surface area contributed by atoms with E-state index in [1.165, 1.54) is 46.2 Å². The average molecular weight is 601 g/mol. The van der Waals surface area contributed by atoms with Crippen LogP contribution in [0.15, 0.2) is 47.4 Å². The Morgan fingerprint density at radius 1 is 1.05 bits per heavy atom. The zero-order chi connectivity index (χ0) is 30.6. The highest BCUT2D eigenvalue weighted by Gasteiger charge is 2.31. The molecule has 0 atom stereocenters. The number of carboxylic acids is 1. The number of nitrogens with one attached hydrogen (secondary N) is 1. The number of carbonyl (C=O) groups is 3. The normalized spacial score (nSPS) is 13.5. The largest absolute Gasteiger partial charge is 0.542 e. The van der Waals surface area contributed by atoms with Crippen molar-refractivity contribution >= 4 is 35.1 Å². The van der Waals surface area contributed by atoms with Crippen molar-refractivity contribution in [3.8, 4) is 0 Å². The zero-order valence-electron chi connectivity index (χ0n) is 21.5. The van der Waals surface area contributed by atoms with Crippen molar-refractivity contribution in [3.63, 3.8) is 0 Å². The molecule has 41 heavy (non-hydrogen) atoms. The summed E-state index contributed by atoms with van der Waals surface area (Å²) >= 11 is 5.81. The number of carboxylic acid groups (broad SMARTS) is 1. The van der Waals surface area contributed by atoms with Crippen molar-refractivity contribution in [2.45, 2.75) is 26.6 Å². The van der Waals surface area contributed by atoms with E-state index in [1.54, 1.807) is 17.8 Å².